The molecule has 2 saturated heterocycles. The van der Waals surface area contributed by atoms with Gasteiger partial charge >= 0.3 is 0 Å². The predicted octanol–water partition coefficient (Wildman–Crippen LogP) is 3.69. The monoisotopic (exact) mass is 423 g/mol. The molecule has 1 aromatic heterocycles. The van der Waals surface area contributed by atoms with E-state index in [0.717, 1.165) is 34.5 Å². The molecule has 2 fully saturated rings. The minimum Gasteiger partial charge on any atom is -0.333 e. The number of para-hydroxylation sites is 1. The van der Waals surface area contributed by atoms with Gasteiger partial charge in [0.1, 0.15) is 5.01 Å². The fourth-order valence-electron chi connectivity index (χ4n) is 4.96. The number of amides is 3. The van der Waals surface area contributed by atoms with E-state index in [4.69, 9.17) is 4.98 Å². The van der Waals surface area contributed by atoms with Gasteiger partial charge in [0.05, 0.1) is 28.1 Å². The van der Waals surface area contributed by atoms with E-state index in [0.29, 0.717) is 19.4 Å². The van der Waals surface area contributed by atoms with E-state index in [1.54, 1.807) is 11.3 Å². The van der Waals surface area contributed by atoms with Crippen LogP contribution in [0.1, 0.15) is 49.6 Å². The van der Waals surface area contributed by atoms with Crippen molar-refractivity contribution in [2.24, 2.45) is 11.8 Å². The largest absolute Gasteiger partial charge is 0.333 e. The molecule has 0 unspecified atom stereocenters. The lowest BCUT2D eigenvalue weighted by Gasteiger charge is -2.35. The van der Waals surface area contributed by atoms with Gasteiger partial charge in [0.2, 0.25) is 17.7 Å². The fraction of sp³-hybridized carbons (Fsp3) is 0.478. The number of rotatable bonds is 4. The Morgan fingerprint density at radius 3 is 2.53 bits per heavy atom. The molecule has 3 heterocycles. The van der Waals surface area contributed by atoms with Crippen molar-refractivity contribution in [2.45, 2.75) is 44.6 Å². The molecule has 3 amide bonds. The molecule has 0 bridgehead atoms. The zero-order valence-corrected chi connectivity index (χ0v) is 17.6. The number of nitrogens with zero attached hydrogens (tertiary/aromatic N) is 3. The maximum Gasteiger partial charge on any atom is 0.233 e. The van der Waals surface area contributed by atoms with E-state index in [2.05, 4.69) is 6.07 Å². The Morgan fingerprint density at radius 1 is 1.07 bits per heavy atom. The number of allylic oxidation sites excluding steroid dienone is 2. The summed E-state index contributed by atoms with van der Waals surface area (Å²) in [6.07, 6.45) is 8.37. The fourth-order valence-corrected chi connectivity index (χ4v) is 6.08. The van der Waals surface area contributed by atoms with Crippen LogP contribution in [0.25, 0.3) is 10.2 Å². The highest BCUT2D eigenvalue weighted by Gasteiger charge is 2.47. The van der Waals surface area contributed by atoms with E-state index >= 15 is 0 Å². The highest BCUT2D eigenvalue weighted by Crippen LogP contribution is 2.37. The zero-order chi connectivity index (χ0) is 20.7. The SMILES string of the molecule is O=C1[C@H]2CC=CC[C@@H]2C(=O)N1CCC(=O)N1CCCC[C@@H]1c1nc2ccccc2s1. The number of hydrogen-bond donors (Lipinski definition) is 0. The van der Waals surface area contributed by atoms with Crippen molar-refractivity contribution in [3.8, 4) is 0 Å². The summed E-state index contributed by atoms with van der Waals surface area (Å²) in [7, 11) is 0. The standard InChI is InChI=1S/C23H25N3O3S/c27-20(12-14-26-22(28)15-7-1-2-8-16(15)23(26)29)25-13-6-5-10-18(25)21-24-17-9-3-4-11-19(17)30-21/h1-4,9,11,15-16,18H,5-8,10,12-14H2/t15-,16-,18+/m0/s1. The van der Waals surface area contributed by atoms with Crippen LogP contribution in [0.3, 0.4) is 0 Å². The van der Waals surface area contributed by atoms with Crippen LogP contribution in [0.15, 0.2) is 36.4 Å². The van der Waals surface area contributed by atoms with E-state index < -0.39 is 0 Å². The molecule has 156 valence electrons. The van der Waals surface area contributed by atoms with Gasteiger partial charge in [-0.2, -0.15) is 0 Å². The number of likely N-dealkylation sites (tertiary alicyclic amines) is 2. The molecule has 5 rings (SSSR count). The van der Waals surface area contributed by atoms with Gasteiger partial charge in [0, 0.05) is 19.5 Å². The molecule has 0 spiro atoms. The molecule has 1 aliphatic carbocycles. The van der Waals surface area contributed by atoms with Crippen molar-refractivity contribution in [1.82, 2.24) is 14.8 Å². The molecule has 6 nitrogen and oxygen atoms in total. The normalized spacial score (nSPS) is 26.5. The van der Waals surface area contributed by atoms with Crippen LogP contribution in [-0.2, 0) is 14.4 Å². The number of carbonyl (C=O) groups is 3. The number of piperidine rings is 1. The molecule has 0 N–H and O–H groups in total. The molecule has 2 aliphatic heterocycles. The molecule has 3 aliphatic rings. The Labute approximate surface area is 179 Å². The van der Waals surface area contributed by atoms with Crippen LogP contribution in [0, 0.1) is 11.8 Å². The molecule has 3 atom stereocenters. The van der Waals surface area contributed by atoms with Gasteiger partial charge in [0.15, 0.2) is 0 Å². The van der Waals surface area contributed by atoms with Gasteiger partial charge < -0.3 is 4.90 Å². The van der Waals surface area contributed by atoms with E-state index in [1.165, 1.54) is 4.90 Å². The van der Waals surface area contributed by atoms with Crippen molar-refractivity contribution < 1.29 is 14.4 Å². The van der Waals surface area contributed by atoms with Crippen molar-refractivity contribution in [1.29, 1.82) is 0 Å². The summed E-state index contributed by atoms with van der Waals surface area (Å²) in [5.41, 5.74) is 0.972. The predicted molar refractivity (Wildman–Crippen MR) is 115 cm³/mol. The number of thiazole rings is 1. The zero-order valence-electron chi connectivity index (χ0n) is 16.8. The second kappa shape index (κ2) is 7.95. The molecule has 30 heavy (non-hydrogen) atoms. The van der Waals surface area contributed by atoms with Crippen molar-refractivity contribution in [3.63, 3.8) is 0 Å². The average molecular weight is 424 g/mol. The quantitative estimate of drug-likeness (QED) is 0.555. The van der Waals surface area contributed by atoms with Crippen LogP contribution < -0.4 is 0 Å². The number of hydrogen-bond acceptors (Lipinski definition) is 5. The van der Waals surface area contributed by atoms with Crippen LogP contribution in [0.4, 0.5) is 0 Å². The summed E-state index contributed by atoms with van der Waals surface area (Å²) in [6, 6.07) is 8.03. The number of imide groups is 1. The maximum atomic E-state index is 13.1. The average Bonchev–Trinajstić information content (AvgIpc) is 3.32. The number of fused-ring (bicyclic) bond motifs is 2. The summed E-state index contributed by atoms with van der Waals surface area (Å²) in [5, 5.41) is 0.981. The molecule has 1 aromatic carbocycles. The Balaban J connectivity index is 1.29. The molecule has 0 saturated carbocycles. The third kappa shape index (κ3) is 3.35. The summed E-state index contributed by atoms with van der Waals surface area (Å²) in [5.74, 6) is -0.675. The van der Waals surface area contributed by atoms with Crippen LogP contribution in [0.5, 0.6) is 0 Å². The first-order valence-electron chi connectivity index (χ1n) is 10.8. The topological polar surface area (TPSA) is 70.6 Å². The van der Waals surface area contributed by atoms with Crippen LogP contribution in [0.2, 0.25) is 0 Å². The van der Waals surface area contributed by atoms with Gasteiger partial charge in [0.25, 0.3) is 0 Å². The number of aromatic nitrogens is 1. The van der Waals surface area contributed by atoms with Gasteiger partial charge in [-0.1, -0.05) is 24.3 Å². The van der Waals surface area contributed by atoms with Crippen molar-refractivity contribution in [2.75, 3.05) is 13.1 Å². The molecular formula is C23H25N3O3S. The first-order chi connectivity index (χ1) is 14.6. The van der Waals surface area contributed by atoms with Crippen molar-refractivity contribution >= 4 is 39.3 Å². The van der Waals surface area contributed by atoms with Gasteiger partial charge in [-0.3, -0.25) is 19.3 Å². The second-order valence-corrected chi connectivity index (χ2v) is 9.41. The van der Waals surface area contributed by atoms with Crippen LogP contribution in [-0.4, -0.2) is 45.6 Å². The molecule has 2 aromatic rings. The molecule has 0 radical (unpaired) electrons. The summed E-state index contributed by atoms with van der Waals surface area (Å²) in [6.45, 7) is 0.892. The summed E-state index contributed by atoms with van der Waals surface area (Å²) in [4.78, 5) is 46.5. The number of benzene rings is 1. The second-order valence-electron chi connectivity index (χ2n) is 8.35. The third-order valence-corrected chi connectivity index (χ3v) is 7.70. The Hall–Kier alpha value is -2.54. The van der Waals surface area contributed by atoms with Gasteiger partial charge in [-0.25, -0.2) is 4.98 Å². The van der Waals surface area contributed by atoms with Gasteiger partial charge in [-0.15, -0.1) is 11.3 Å². The van der Waals surface area contributed by atoms with E-state index in [9.17, 15) is 14.4 Å². The van der Waals surface area contributed by atoms with E-state index in [-0.39, 0.29) is 48.6 Å². The minimum absolute atomic E-state index is 0.00699. The lowest BCUT2D eigenvalue weighted by molar-refractivity contribution is -0.141. The number of carbonyl (C=O) groups excluding carboxylic acids is 3. The minimum atomic E-state index is -0.233. The Kier molecular flexibility index (Phi) is 5.15. The van der Waals surface area contributed by atoms with Gasteiger partial charge in [-0.05, 0) is 44.2 Å². The Morgan fingerprint density at radius 2 is 1.80 bits per heavy atom. The van der Waals surface area contributed by atoms with E-state index in [1.807, 2.05) is 35.3 Å². The first kappa shape index (κ1) is 19.4. The van der Waals surface area contributed by atoms with Crippen molar-refractivity contribution in [3.05, 3.63) is 41.4 Å². The molecule has 7 heteroatoms. The first-order valence-corrected chi connectivity index (χ1v) is 11.6. The highest BCUT2D eigenvalue weighted by atomic mass is 32.1. The molecular weight excluding hydrogens is 398 g/mol. The third-order valence-electron chi connectivity index (χ3n) is 6.57. The smallest absolute Gasteiger partial charge is 0.233 e. The summed E-state index contributed by atoms with van der Waals surface area (Å²) < 4.78 is 1.13. The lowest BCUT2D eigenvalue weighted by atomic mass is 9.85. The maximum absolute atomic E-state index is 13.1. The summed E-state index contributed by atoms with van der Waals surface area (Å²) >= 11 is 1.65. The Bertz CT molecular complexity index is 971. The lowest BCUT2D eigenvalue weighted by Crippen LogP contribution is -2.41. The van der Waals surface area contributed by atoms with Crippen LogP contribution >= 0.6 is 11.3 Å². The highest BCUT2D eigenvalue weighted by molar-refractivity contribution is 7.18.